The molecule has 0 radical (unpaired) electrons. The van der Waals surface area contributed by atoms with Gasteiger partial charge in [-0.05, 0) is 54.8 Å². The predicted molar refractivity (Wildman–Crippen MR) is 134 cm³/mol. The number of benzene rings is 2. The molecular formula is C26H34O8S. The normalized spacial score (nSPS) is 11.4. The maximum Gasteiger partial charge on any atom is 0.330 e. The molecule has 35 heavy (non-hydrogen) atoms. The second kappa shape index (κ2) is 15.1. The van der Waals surface area contributed by atoms with Gasteiger partial charge in [-0.1, -0.05) is 31.5 Å². The fourth-order valence-corrected chi connectivity index (χ4v) is 3.37. The number of esters is 1. The molecule has 0 bridgehead atoms. The molecule has 192 valence electrons. The average Bonchev–Trinajstić information content (AvgIpc) is 2.82. The van der Waals surface area contributed by atoms with E-state index in [2.05, 4.69) is 6.92 Å². The van der Waals surface area contributed by atoms with Gasteiger partial charge in [-0.2, -0.15) is 8.42 Å². The molecule has 0 atom stereocenters. The van der Waals surface area contributed by atoms with Crippen LogP contribution >= 0.6 is 0 Å². The highest BCUT2D eigenvalue weighted by Gasteiger charge is 2.08. The van der Waals surface area contributed by atoms with Crippen molar-refractivity contribution in [3.8, 4) is 17.2 Å². The maximum absolute atomic E-state index is 11.8. The summed E-state index contributed by atoms with van der Waals surface area (Å²) in [6.45, 7) is 6.09. The van der Waals surface area contributed by atoms with Crippen molar-refractivity contribution in [3.63, 3.8) is 0 Å². The molecule has 0 saturated carbocycles. The molecule has 0 amide bonds. The van der Waals surface area contributed by atoms with Crippen molar-refractivity contribution in [1.82, 2.24) is 0 Å². The van der Waals surface area contributed by atoms with Crippen LogP contribution in [0.25, 0.3) is 6.08 Å². The first-order valence-corrected chi connectivity index (χ1v) is 13.4. The van der Waals surface area contributed by atoms with E-state index in [-0.39, 0.29) is 12.4 Å². The van der Waals surface area contributed by atoms with Gasteiger partial charge in [0.15, 0.2) is 11.5 Å². The van der Waals surface area contributed by atoms with Gasteiger partial charge < -0.3 is 23.1 Å². The molecular weight excluding hydrogens is 472 g/mol. The molecule has 2 aromatic carbocycles. The Morgan fingerprint density at radius 2 is 1.66 bits per heavy atom. The number of carbonyl (C=O) groups excluding carboxylic acids is 1. The molecule has 0 N–H and O–H groups in total. The fraction of sp³-hybridized carbons (Fsp3) is 0.423. The third-order valence-electron chi connectivity index (χ3n) is 4.63. The van der Waals surface area contributed by atoms with Gasteiger partial charge in [-0.25, -0.2) is 4.79 Å². The molecule has 2 aromatic rings. The summed E-state index contributed by atoms with van der Waals surface area (Å²) in [5.41, 5.74) is 1.76. The van der Waals surface area contributed by atoms with Crippen LogP contribution in [0.4, 0.5) is 0 Å². The van der Waals surface area contributed by atoms with Gasteiger partial charge >= 0.3 is 16.1 Å². The number of hydrogen-bond acceptors (Lipinski definition) is 8. The highest BCUT2D eigenvalue weighted by Crippen LogP contribution is 2.29. The second-order valence-corrected chi connectivity index (χ2v) is 9.21. The lowest BCUT2D eigenvalue weighted by Gasteiger charge is -2.14. The number of rotatable bonds is 16. The van der Waals surface area contributed by atoms with Crippen molar-refractivity contribution in [2.24, 2.45) is 0 Å². The van der Waals surface area contributed by atoms with E-state index < -0.39 is 16.1 Å². The molecule has 0 aromatic heterocycles. The van der Waals surface area contributed by atoms with Gasteiger partial charge in [0.05, 0.1) is 26.1 Å². The lowest BCUT2D eigenvalue weighted by atomic mass is 10.1. The summed E-state index contributed by atoms with van der Waals surface area (Å²) < 4.78 is 49.4. The SMILES string of the molecule is CCCCOc1cc(/C=C/C(=O)OCCOCC)ccc1OCCc1ccc(OS(C)(=O)=O)cc1. The summed E-state index contributed by atoms with van der Waals surface area (Å²) >= 11 is 0. The van der Waals surface area contributed by atoms with E-state index in [1.807, 2.05) is 25.1 Å². The third-order valence-corrected chi connectivity index (χ3v) is 5.13. The van der Waals surface area contributed by atoms with Crippen molar-refractivity contribution in [1.29, 1.82) is 0 Å². The molecule has 0 aliphatic heterocycles. The number of hydrogen-bond donors (Lipinski definition) is 0. The maximum atomic E-state index is 11.8. The van der Waals surface area contributed by atoms with Gasteiger partial charge in [-0.3, -0.25) is 0 Å². The Bertz CT molecular complexity index is 1050. The second-order valence-electron chi connectivity index (χ2n) is 7.64. The highest BCUT2D eigenvalue weighted by atomic mass is 32.2. The fourth-order valence-electron chi connectivity index (χ4n) is 2.91. The van der Waals surface area contributed by atoms with Crippen molar-refractivity contribution >= 4 is 22.2 Å². The Morgan fingerprint density at radius 3 is 2.34 bits per heavy atom. The van der Waals surface area contributed by atoms with E-state index in [0.717, 1.165) is 30.2 Å². The largest absolute Gasteiger partial charge is 0.490 e. The van der Waals surface area contributed by atoms with Crippen LogP contribution in [0.3, 0.4) is 0 Å². The first kappa shape index (κ1) is 28.2. The van der Waals surface area contributed by atoms with Gasteiger partial charge in [-0.15, -0.1) is 0 Å². The van der Waals surface area contributed by atoms with Crippen LogP contribution in [0.2, 0.25) is 0 Å². The van der Waals surface area contributed by atoms with Crippen molar-refractivity contribution in [2.75, 3.05) is 39.3 Å². The number of ether oxygens (including phenoxy) is 4. The summed E-state index contributed by atoms with van der Waals surface area (Å²) in [6, 6.07) is 12.3. The topological polar surface area (TPSA) is 97.4 Å². The summed E-state index contributed by atoms with van der Waals surface area (Å²) in [5, 5.41) is 0. The van der Waals surface area contributed by atoms with Crippen molar-refractivity contribution in [3.05, 3.63) is 59.7 Å². The third kappa shape index (κ3) is 11.8. The van der Waals surface area contributed by atoms with Gasteiger partial charge in [0.1, 0.15) is 12.4 Å². The van der Waals surface area contributed by atoms with Crippen LogP contribution in [0, 0.1) is 0 Å². The molecule has 2 rings (SSSR count). The standard InChI is InChI=1S/C26H34O8S/c1-4-6-16-31-25-20-22(10-14-26(27)33-19-18-30-5-2)9-13-24(25)32-17-15-21-7-11-23(12-8-21)34-35(3,28)29/h7-14,20H,4-6,15-19H2,1-3H3/b14-10+. The Kier molecular flexibility index (Phi) is 12.1. The Morgan fingerprint density at radius 1 is 0.914 bits per heavy atom. The Labute approximate surface area is 207 Å². The summed E-state index contributed by atoms with van der Waals surface area (Å²) in [4.78, 5) is 11.8. The minimum absolute atomic E-state index is 0.211. The lowest BCUT2D eigenvalue weighted by Crippen LogP contribution is -2.08. The number of carbonyl (C=O) groups is 1. The van der Waals surface area contributed by atoms with Crippen LogP contribution < -0.4 is 13.7 Å². The molecule has 0 aliphatic carbocycles. The van der Waals surface area contributed by atoms with Crippen LogP contribution in [0.1, 0.15) is 37.8 Å². The van der Waals surface area contributed by atoms with Crippen molar-refractivity contribution < 1.29 is 36.3 Å². The van der Waals surface area contributed by atoms with Crippen LogP contribution in [-0.2, 0) is 30.8 Å². The average molecular weight is 507 g/mol. The number of unbranched alkanes of at least 4 members (excludes halogenated alkanes) is 1. The summed E-state index contributed by atoms with van der Waals surface area (Å²) in [5.74, 6) is 1.04. The van der Waals surface area contributed by atoms with Crippen molar-refractivity contribution in [2.45, 2.75) is 33.1 Å². The van der Waals surface area contributed by atoms with Gasteiger partial charge in [0.2, 0.25) is 0 Å². The van der Waals surface area contributed by atoms with E-state index in [1.165, 1.54) is 6.08 Å². The monoisotopic (exact) mass is 506 g/mol. The smallest absolute Gasteiger partial charge is 0.330 e. The highest BCUT2D eigenvalue weighted by molar-refractivity contribution is 7.86. The van der Waals surface area contributed by atoms with E-state index in [9.17, 15) is 13.2 Å². The Hall–Kier alpha value is -3.04. The van der Waals surface area contributed by atoms with E-state index in [1.54, 1.807) is 30.3 Å². The van der Waals surface area contributed by atoms with Gasteiger partial charge in [0, 0.05) is 19.1 Å². The first-order chi connectivity index (χ1) is 16.8. The molecule has 0 spiro atoms. The summed E-state index contributed by atoms with van der Waals surface area (Å²) in [6.07, 6.45) is 6.57. The zero-order chi connectivity index (χ0) is 25.5. The lowest BCUT2D eigenvalue weighted by molar-refractivity contribution is -0.139. The Balaban J connectivity index is 1.97. The van der Waals surface area contributed by atoms with Crippen LogP contribution in [0.5, 0.6) is 17.2 Å². The van der Waals surface area contributed by atoms with E-state index in [0.29, 0.717) is 44.3 Å². The van der Waals surface area contributed by atoms with Crippen LogP contribution in [-0.4, -0.2) is 53.7 Å². The molecule has 0 saturated heterocycles. The molecule has 0 fully saturated rings. The zero-order valence-electron chi connectivity index (χ0n) is 20.5. The van der Waals surface area contributed by atoms with E-state index >= 15 is 0 Å². The predicted octanol–water partition coefficient (Wildman–Crippen LogP) is 4.42. The zero-order valence-corrected chi connectivity index (χ0v) is 21.3. The van der Waals surface area contributed by atoms with E-state index in [4.69, 9.17) is 23.1 Å². The molecule has 0 aliphatic rings. The first-order valence-electron chi connectivity index (χ1n) is 11.6. The minimum Gasteiger partial charge on any atom is -0.490 e. The summed E-state index contributed by atoms with van der Waals surface area (Å²) in [7, 11) is -3.55. The molecule has 9 heteroatoms. The minimum atomic E-state index is -3.55. The quantitative estimate of drug-likeness (QED) is 0.143. The molecule has 0 unspecified atom stereocenters. The van der Waals surface area contributed by atoms with Gasteiger partial charge in [0.25, 0.3) is 0 Å². The van der Waals surface area contributed by atoms with Crippen LogP contribution in [0.15, 0.2) is 48.5 Å². The molecule has 8 nitrogen and oxygen atoms in total. The molecule has 0 heterocycles.